The van der Waals surface area contributed by atoms with E-state index in [0.717, 1.165) is 11.3 Å². The van der Waals surface area contributed by atoms with Gasteiger partial charge in [0.1, 0.15) is 17.2 Å². The molecule has 2 amide bonds. The Morgan fingerprint density at radius 2 is 1.81 bits per heavy atom. The van der Waals surface area contributed by atoms with Gasteiger partial charge in [-0.15, -0.1) is 0 Å². The number of para-hydroxylation sites is 2. The number of carbonyl (C=O) groups is 2. The number of nitrogens with one attached hydrogen (secondary N) is 1. The Morgan fingerprint density at radius 1 is 1.03 bits per heavy atom. The monoisotopic (exact) mass is 418 g/mol. The van der Waals surface area contributed by atoms with Crippen LogP contribution in [0.5, 0.6) is 17.2 Å². The van der Waals surface area contributed by atoms with Crippen LogP contribution in [0, 0.1) is 0 Å². The number of nitrogens with zero attached hydrogens (tertiary/aromatic N) is 1. The highest BCUT2D eigenvalue weighted by molar-refractivity contribution is 6.05. The summed E-state index contributed by atoms with van der Waals surface area (Å²) in [7, 11) is 3.10. The number of anilines is 2. The van der Waals surface area contributed by atoms with Crippen LogP contribution < -0.4 is 24.4 Å². The molecule has 0 saturated heterocycles. The smallest absolute Gasteiger partial charge is 0.265 e. The maximum absolute atomic E-state index is 12.7. The first-order chi connectivity index (χ1) is 15.1. The first-order valence-electron chi connectivity index (χ1n) is 9.73. The third kappa shape index (κ3) is 4.30. The second-order valence-electron chi connectivity index (χ2n) is 6.95. The van der Waals surface area contributed by atoms with Gasteiger partial charge < -0.3 is 24.4 Å². The van der Waals surface area contributed by atoms with Gasteiger partial charge in [-0.05, 0) is 42.0 Å². The molecule has 3 aromatic carbocycles. The van der Waals surface area contributed by atoms with Crippen LogP contribution in [0.25, 0.3) is 0 Å². The molecule has 1 aliphatic heterocycles. The Kier molecular flexibility index (Phi) is 5.75. The van der Waals surface area contributed by atoms with Crippen LogP contribution >= 0.6 is 0 Å². The standard InChI is InChI=1S/C24H22N2O5/c1-29-18-11-12-19(22(13-18)30-2)25-24(28)17-9-7-16(8-10-17)14-26-20-5-3-4-6-21(20)31-15-23(26)27/h3-13H,14-15H2,1-2H3,(H,25,28). The van der Waals surface area contributed by atoms with Crippen LogP contribution in [0.15, 0.2) is 66.7 Å². The second-order valence-corrected chi connectivity index (χ2v) is 6.95. The average Bonchev–Trinajstić information content (AvgIpc) is 2.81. The number of hydrogen-bond donors (Lipinski definition) is 1. The minimum atomic E-state index is -0.261. The molecule has 4 rings (SSSR count). The fraction of sp³-hybridized carbons (Fsp3) is 0.167. The van der Waals surface area contributed by atoms with Gasteiger partial charge in [0.2, 0.25) is 0 Å². The molecule has 0 radical (unpaired) electrons. The molecule has 7 nitrogen and oxygen atoms in total. The maximum Gasteiger partial charge on any atom is 0.265 e. The van der Waals surface area contributed by atoms with Gasteiger partial charge in [-0.2, -0.15) is 0 Å². The lowest BCUT2D eigenvalue weighted by Crippen LogP contribution is -2.38. The number of hydrogen-bond acceptors (Lipinski definition) is 5. The molecule has 0 bridgehead atoms. The van der Waals surface area contributed by atoms with Gasteiger partial charge in [0.15, 0.2) is 6.61 Å². The van der Waals surface area contributed by atoms with E-state index in [9.17, 15) is 9.59 Å². The van der Waals surface area contributed by atoms with Crippen molar-refractivity contribution in [2.45, 2.75) is 6.54 Å². The predicted molar refractivity (Wildman–Crippen MR) is 117 cm³/mol. The molecule has 0 fully saturated rings. The zero-order valence-electron chi connectivity index (χ0n) is 17.3. The number of benzene rings is 3. The van der Waals surface area contributed by atoms with E-state index in [0.29, 0.717) is 35.0 Å². The molecular formula is C24H22N2O5. The van der Waals surface area contributed by atoms with Crippen LogP contribution in [-0.2, 0) is 11.3 Å². The highest BCUT2D eigenvalue weighted by Crippen LogP contribution is 2.33. The SMILES string of the molecule is COc1ccc(NC(=O)c2ccc(CN3C(=O)COc4ccccc43)cc2)c(OC)c1. The Balaban J connectivity index is 1.48. The molecule has 7 heteroatoms. The minimum absolute atomic E-state index is 0.0151. The van der Waals surface area contributed by atoms with Crippen molar-refractivity contribution in [2.24, 2.45) is 0 Å². The number of ether oxygens (including phenoxy) is 3. The molecule has 1 aliphatic rings. The van der Waals surface area contributed by atoms with Gasteiger partial charge in [0.05, 0.1) is 32.1 Å². The van der Waals surface area contributed by atoms with Gasteiger partial charge in [0.25, 0.3) is 11.8 Å². The van der Waals surface area contributed by atoms with E-state index in [2.05, 4.69) is 5.32 Å². The normalized spacial score (nSPS) is 12.6. The van der Waals surface area contributed by atoms with Crippen LogP contribution in [0.3, 0.4) is 0 Å². The molecule has 1 heterocycles. The molecule has 0 atom stereocenters. The minimum Gasteiger partial charge on any atom is -0.497 e. The highest BCUT2D eigenvalue weighted by atomic mass is 16.5. The summed E-state index contributed by atoms with van der Waals surface area (Å²) in [6.07, 6.45) is 0. The summed E-state index contributed by atoms with van der Waals surface area (Å²) in [6.45, 7) is 0.411. The van der Waals surface area contributed by atoms with E-state index in [-0.39, 0.29) is 18.4 Å². The van der Waals surface area contributed by atoms with Gasteiger partial charge in [-0.25, -0.2) is 0 Å². The maximum atomic E-state index is 12.7. The van der Waals surface area contributed by atoms with Gasteiger partial charge in [-0.1, -0.05) is 24.3 Å². The lowest BCUT2D eigenvalue weighted by atomic mass is 10.1. The Hall–Kier alpha value is -4.00. The molecule has 0 saturated carbocycles. The van der Waals surface area contributed by atoms with Gasteiger partial charge in [0, 0.05) is 11.6 Å². The molecule has 0 spiro atoms. The summed E-state index contributed by atoms with van der Waals surface area (Å²) in [6, 6.07) is 19.8. The summed E-state index contributed by atoms with van der Waals surface area (Å²) >= 11 is 0. The molecule has 1 N–H and O–H groups in total. The lowest BCUT2D eigenvalue weighted by Gasteiger charge is -2.29. The van der Waals surface area contributed by atoms with Crippen LogP contribution in [0.1, 0.15) is 15.9 Å². The Morgan fingerprint density at radius 3 is 2.55 bits per heavy atom. The van der Waals surface area contributed by atoms with Crippen molar-refractivity contribution in [3.63, 3.8) is 0 Å². The van der Waals surface area contributed by atoms with E-state index < -0.39 is 0 Å². The van der Waals surface area contributed by atoms with E-state index >= 15 is 0 Å². The van der Waals surface area contributed by atoms with Crippen LogP contribution in [0.2, 0.25) is 0 Å². The third-order valence-corrected chi connectivity index (χ3v) is 5.02. The van der Waals surface area contributed by atoms with Crippen LogP contribution in [-0.4, -0.2) is 32.6 Å². The van der Waals surface area contributed by atoms with Crippen molar-refractivity contribution in [1.82, 2.24) is 0 Å². The first-order valence-corrected chi connectivity index (χ1v) is 9.73. The summed E-state index contributed by atoms with van der Waals surface area (Å²) in [5.74, 6) is 1.47. The summed E-state index contributed by atoms with van der Waals surface area (Å²) < 4.78 is 16.0. The van der Waals surface area contributed by atoms with Crippen molar-refractivity contribution in [3.8, 4) is 17.2 Å². The van der Waals surface area contributed by atoms with Crippen LogP contribution in [0.4, 0.5) is 11.4 Å². The number of rotatable bonds is 6. The van der Waals surface area contributed by atoms with Gasteiger partial charge >= 0.3 is 0 Å². The predicted octanol–water partition coefficient (Wildman–Crippen LogP) is 3.88. The van der Waals surface area contributed by atoms with E-state index in [1.807, 2.05) is 36.4 Å². The lowest BCUT2D eigenvalue weighted by molar-refractivity contribution is -0.121. The number of carbonyl (C=O) groups excluding carboxylic acids is 2. The van der Waals surface area contributed by atoms with Crippen molar-refractivity contribution >= 4 is 23.2 Å². The summed E-state index contributed by atoms with van der Waals surface area (Å²) in [4.78, 5) is 26.7. The number of fused-ring (bicyclic) bond motifs is 1. The van der Waals surface area contributed by atoms with Crippen molar-refractivity contribution < 1.29 is 23.8 Å². The molecule has 0 aliphatic carbocycles. The molecule has 3 aromatic rings. The summed E-state index contributed by atoms with van der Waals surface area (Å²) in [5.41, 5.74) is 2.69. The van der Waals surface area contributed by atoms with Crippen molar-refractivity contribution in [2.75, 3.05) is 31.0 Å². The first kappa shape index (κ1) is 20.3. The van der Waals surface area contributed by atoms with Crippen molar-refractivity contribution in [1.29, 1.82) is 0 Å². The second kappa shape index (κ2) is 8.79. The van der Waals surface area contributed by atoms with E-state index in [1.165, 1.54) is 7.11 Å². The largest absolute Gasteiger partial charge is 0.497 e. The molecule has 0 unspecified atom stereocenters. The molecule has 31 heavy (non-hydrogen) atoms. The third-order valence-electron chi connectivity index (χ3n) is 5.02. The van der Waals surface area contributed by atoms with Crippen molar-refractivity contribution in [3.05, 3.63) is 77.9 Å². The fourth-order valence-electron chi connectivity index (χ4n) is 3.37. The highest BCUT2D eigenvalue weighted by Gasteiger charge is 2.25. The molecule has 0 aromatic heterocycles. The zero-order valence-corrected chi connectivity index (χ0v) is 17.3. The number of amides is 2. The van der Waals surface area contributed by atoms with Gasteiger partial charge in [-0.3, -0.25) is 9.59 Å². The Bertz CT molecular complexity index is 1110. The number of methoxy groups -OCH3 is 2. The fourth-order valence-corrected chi connectivity index (χ4v) is 3.37. The quantitative estimate of drug-likeness (QED) is 0.657. The zero-order chi connectivity index (χ0) is 21.8. The summed E-state index contributed by atoms with van der Waals surface area (Å²) in [5, 5.41) is 2.85. The van der Waals surface area contributed by atoms with E-state index in [4.69, 9.17) is 14.2 Å². The average molecular weight is 418 g/mol. The Labute approximate surface area is 180 Å². The topological polar surface area (TPSA) is 77.1 Å². The molecular weight excluding hydrogens is 396 g/mol. The van der Waals surface area contributed by atoms with E-state index in [1.54, 1.807) is 42.3 Å². The molecule has 158 valence electrons.